The number of esters is 1. The molecule has 0 aliphatic rings. The molecule has 1 rings (SSSR count). The van der Waals surface area contributed by atoms with Crippen molar-refractivity contribution in [2.24, 2.45) is 0 Å². The van der Waals surface area contributed by atoms with Crippen LogP contribution in [0, 0.1) is 0 Å². The number of carbonyl (C=O) groups excluding carboxylic acids is 2. The maximum absolute atomic E-state index is 12.0. The van der Waals surface area contributed by atoms with Crippen molar-refractivity contribution >= 4 is 23.3 Å². The average molecular weight is 360 g/mol. The second-order valence-electron chi connectivity index (χ2n) is 4.85. The van der Waals surface area contributed by atoms with Gasteiger partial charge in [0.15, 0.2) is 5.69 Å². The zero-order valence-electron chi connectivity index (χ0n) is 13.6. The van der Waals surface area contributed by atoms with Crippen molar-refractivity contribution in [3.8, 4) is 0 Å². The molecule has 1 aromatic heterocycles. The summed E-state index contributed by atoms with van der Waals surface area (Å²) in [5.41, 5.74) is 0.531. The zero-order valence-corrected chi connectivity index (χ0v) is 13.6. The summed E-state index contributed by atoms with van der Waals surface area (Å²) in [4.78, 5) is 27.0. The van der Waals surface area contributed by atoms with E-state index < -0.39 is 24.5 Å². The normalized spacial score (nSPS) is 10.9. The molecule has 0 saturated heterocycles. The highest BCUT2D eigenvalue weighted by atomic mass is 19.4. The van der Waals surface area contributed by atoms with E-state index in [-0.39, 0.29) is 17.9 Å². The van der Waals surface area contributed by atoms with Crippen LogP contribution >= 0.6 is 0 Å². The molecule has 1 amide bonds. The Morgan fingerprint density at radius 2 is 2.04 bits per heavy atom. The molecular formula is C15H19F3N4O3. The van der Waals surface area contributed by atoms with Crippen LogP contribution in [0.5, 0.6) is 0 Å². The second kappa shape index (κ2) is 9.62. The number of methoxy groups -OCH3 is 1. The highest BCUT2D eigenvalue weighted by Gasteiger charge is 2.25. The predicted octanol–water partition coefficient (Wildman–Crippen LogP) is 1.95. The van der Waals surface area contributed by atoms with Crippen LogP contribution in [0.3, 0.4) is 0 Å². The molecule has 0 bridgehead atoms. The predicted molar refractivity (Wildman–Crippen MR) is 86.4 cm³/mol. The van der Waals surface area contributed by atoms with Gasteiger partial charge in [-0.1, -0.05) is 6.58 Å². The Bertz CT molecular complexity index is 621. The van der Waals surface area contributed by atoms with Crippen molar-refractivity contribution in [3.63, 3.8) is 0 Å². The Labute approximate surface area is 142 Å². The summed E-state index contributed by atoms with van der Waals surface area (Å²) >= 11 is 0. The van der Waals surface area contributed by atoms with Crippen LogP contribution < -0.4 is 16.0 Å². The molecule has 0 aliphatic heterocycles. The minimum absolute atomic E-state index is 0.0773. The Kier molecular flexibility index (Phi) is 7.86. The van der Waals surface area contributed by atoms with E-state index >= 15 is 0 Å². The summed E-state index contributed by atoms with van der Waals surface area (Å²) in [5.74, 6) is -1.25. The van der Waals surface area contributed by atoms with Gasteiger partial charge in [0.05, 0.1) is 31.1 Å². The van der Waals surface area contributed by atoms with Gasteiger partial charge in [-0.25, -0.2) is 9.78 Å². The Morgan fingerprint density at radius 1 is 1.32 bits per heavy atom. The largest absolute Gasteiger partial charge is 0.464 e. The van der Waals surface area contributed by atoms with Crippen molar-refractivity contribution in [1.82, 2.24) is 10.3 Å². The molecule has 1 aromatic rings. The fraction of sp³-hybridized carbons (Fsp3) is 0.400. The van der Waals surface area contributed by atoms with Crippen LogP contribution in [0.25, 0.3) is 0 Å². The average Bonchev–Trinajstić information content (AvgIpc) is 2.56. The number of amides is 1. The maximum Gasteiger partial charge on any atom is 0.390 e. The van der Waals surface area contributed by atoms with Gasteiger partial charge >= 0.3 is 12.1 Å². The van der Waals surface area contributed by atoms with Gasteiger partial charge in [0.2, 0.25) is 5.91 Å². The molecule has 0 saturated carbocycles. The second-order valence-corrected chi connectivity index (χ2v) is 4.85. The SMILES string of the molecule is C=CC(=O)Nc1cc(NCCNCCC(F)(F)F)cnc1C(=O)OC. The summed E-state index contributed by atoms with van der Waals surface area (Å²) in [7, 11) is 1.18. The fourth-order valence-electron chi connectivity index (χ4n) is 1.75. The van der Waals surface area contributed by atoms with E-state index in [4.69, 9.17) is 0 Å². The van der Waals surface area contributed by atoms with E-state index in [1.54, 1.807) is 0 Å². The van der Waals surface area contributed by atoms with E-state index in [1.165, 1.54) is 19.4 Å². The van der Waals surface area contributed by atoms with Gasteiger partial charge in [-0.2, -0.15) is 13.2 Å². The highest BCUT2D eigenvalue weighted by Crippen LogP contribution is 2.20. The molecule has 0 aliphatic carbocycles. The van der Waals surface area contributed by atoms with Gasteiger partial charge in [0.25, 0.3) is 0 Å². The Morgan fingerprint density at radius 3 is 2.64 bits per heavy atom. The van der Waals surface area contributed by atoms with Crippen molar-refractivity contribution in [2.75, 3.05) is 37.4 Å². The lowest BCUT2D eigenvalue weighted by molar-refractivity contribution is -0.133. The lowest BCUT2D eigenvalue weighted by Crippen LogP contribution is -2.26. The Balaban J connectivity index is 2.62. The summed E-state index contributed by atoms with van der Waals surface area (Å²) < 4.78 is 40.6. The van der Waals surface area contributed by atoms with Gasteiger partial charge in [-0.05, 0) is 12.1 Å². The smallest absolute Gasteiger partial charge is 0.390 e. The third kappa shape index (κ3) is 7.66. The van der Waals surface area contributed by atoms with Crippen LogP contribution in [0.15, 0.2) is 24.9 Å². The lowest BCUT2D eigenvalue weighted by atomic mass is 10.2. The molecule has 0 radical (unpaired) electrons. The molecule has 138 valence electrons. The fourth-order valence-corrected chi connectivity index (χ4v) is 1.75. The lowest BCUT2D eigenvalue weighted by Gasteiger charge is -2.12. The number of halogens is 3. The first-order valence-electron chi connectivity index (χ1n) is 7.30. The first kappa shape index (κ1) is 20.4. The van der Waals surface area contributed by atoms with Crippen molar-refractivity contribution < 1.29 is 27.5 Å². The summed E-state index contributed by atoms with van der Waals surface area (Å²) in [6, 6.07) is 1.47. The number of ether oxygens (including phenoxy) is 1. The maximum atomic E-state index is 12.0. The molecule has 0 fully saturated rings. The van der Waals surface area contributed by atoms with Crippen LogP contribution in [0.4, 0.5) is 24.5 Å². The van der Waals surface area contributed by atoms with E-state index in [2.05, 4.69) is 32.3 Å². The number of nitrogens with zero attached hydrogens (tertiary/aromatic N) is 1. The summed E-state index contributed by atoms with van der Waals surface area (Å²) in [6.07, 6.45) is -2.70. The number of pyridine rings is 1. The van der Waals surface area contributed by atoms with E-state index in [0.29, 0.717) is 18.8 Å². The number of hydrogen-bond acceptors (Lipinski definition) is 6. The van der Waals surface area contributed by atoms with E-state index in [9.17, 15) is 22.8 Å². The molecule has 25 heavy (non-hydrogen) atoms. The van der Waals surface area contributed by atoms with Gasteiger partial charge in [0.1, 0.15) is 0 Å². The minimum Gasteiger partial charge on any atom is -0.464 e. The Hall–Kier alpha value is -2.62. The highest BCUT2D eigenvalue weighted by molar-refractivity contribution is 6.04. The zero-order chi connectivity index (χ0) is 18.9. The molecule has 10 heteroatoms. The summed E-state index contributed by atoms with van der Waals surface area (Å²) in [6.45, 7) is 3.76. The van der Waals surface area contributed by atoms with Crippen molar-refractivity contribution in [1.29, 1.82) is 0 Å². The number of nitrogens with one attached hydrogen (secondary N) is 3. The topological polar surface area (TPSA) is 92.4 Å². The third-order valence-electron chi connectivity index (χ3n) is 2.93. The molecule has 0 spiro atoms. The standard InChI is InChI=1S/C15H19F3N4O3/c1-3-12(23)22-11-8-10(9-21-13(11)14(24)25-2)20-7-6-19-5-4-15(16,17)18/h3,8-9,19-20H,1,4-7H2,2H3,(H,22,23). The van der Waals surface area contributed by atoms with Crippen LogP contribution in [-0.2, 0) is 9.53 Å². The third-order valence-corrected chi connectivity index (χ3v) is 2.93. The molecule has 1 heterocycles. The van der Waals surface area contributed by atoms with Crippen LogP contribution in [0.1, 0.15) is 16.9 Å². The van der Waals surface area contributed by atoms with Gasteiger partial charge in [-0.3, -0.25) is 4.79 Å². The number of hydrogen-bond donors (Lipinski definition) is 3. The molecular weight excluding hydrogens is 341 g/mol. The minimum atomic E-state index is -4.19. The number of carbonyl (C=O) groups is 2. The van der Waals surface area contributed by atoms with E-state index in [0.717, 1.165) is 6.08 Å². The molecule has 3 N–H and O–H groups in total. The number of alkyl halides is 3. The number of anilines is 2. The molecule has 7 nitrogen and oxygen atoms in total. The quantitative estimate of drug-likeness (QED) is 0.354. The van der Waals surface area contributed by atoms with Gasteiger partial charge in [0, 0.05) is 19.6 Å². The van der Waals surface area contributed by atoms with Crippen LogP contribution in [0.2, 0.25) is 0 Å². The van der Waals surface area contributed by atoms with Crippen LogP contribution in [-0.4, -0.2) is 49.8 Å². The van der Waals surface area contributed by atoms with Gasteiger partial charge < -0.3 is 20.7 Å². The molecule has 0 aromatic carbocycles. The monoisotopic (exact) mass is 360 g/mol. The number of rotatable bonds is 9. The molecule has 0 atom stereocenters. The first-order chi connectivity index (χ1) is 11.8. The summed E-state index contributed by atoms with van der Waals surface area (Å²) in [5, 5.41) is 8.01. The van der Waals surface area contributed by atoms with Crippen molar-refractivity contribution in [3.05, 3.63) is 30.6 Å². The van der Waals surface area contributed by atoms with Gasteiger partial charge in [-0.15, -0.1) is 0 Å². The van der Waals surface area contributed by atoms with E-state index in [1.807, 2.05) is 0 Å². The van der Waals surface area contributed by atoms with Crippen molar-refractivity contribution in [2.45, 2.75) is 12.6 Å². The first-order valence-corrected chi connectivity index (χ1v) is 7.30. The molecule has 0 unspecified atom stereocenters. The number of aromatic nitrogens is 1.